The van der Waals surface area contributed by atoms with Crippen molar-refractivity contribution in [1.29, 1.82) is 0 Å². The fourth-order valence-corrected chi connectivity index (χ4v) is 5.14. The summed E-state index contributed by atoms with van der Waals surface area (Å²) in [6, 6.07) is 18.5. The minimum atomic E-state index is -4.00. The topological polar surface area (TPSA) is 105 Å². The molecule has 1 N–H and O–H groups in total. The van der Waals surface area contributed by atoms with Gasteiger partial charge in [0, 0.05) is 25.6 Å². The summed E-state index contributed by atoms with van der Waals surface area (Å²) < 4.78 is 51.3. The highest BCUT2D eigenvalue weighted by molar-refractivity contribution is 7.92. The molecule has 0 aliphatic carbocycles. The Labute approximate surface area is 240 Å². The van der Waals surface area contributed by atoms with E-state index < -0.39 is 34.3 Å². The molecule has 0 fully saturated rings. The Kier molecular flexibility index (Phi) is 11.1. The Balaban J connectivity index is 2.09. The van der Waals surface area contributed by atoms with E-state index in [2.05, 4.69) is 5.32 Å². The molecule has 0 radical (unpaired) electrons. The molecule has 1 atom stereocenters. The number of methoxy groups -OCH3 is 2. The number of sulfonamides is 1. The number of carbonyl (C=O) groups is 2. The number of benzene rings is 3. The third-order valence-corrected chi connectivity index (χ3v) is 7.55. The number of nitrogens with one attached hydrogen (secondary N) is 1. The Bertz CT molecular complexity index is 1420. The first-order chi connectivity index (χ1) is 19.6. The molecule has 0 aliphatic rings. The summed E-state index contributed by atoms with van der Waals surface area (Å²) in [5.41, 5.74) is 1.50. The number of hydrogen-bond acceptors (Lipinski definition) is 6. The zero-order valence-corrected chi connectivity index (χ0v) is 24.5. The van der Waals surface area contributed by atoms with Crippen LogP contribution in [0.15, 0.2) is 72.8 Å². The first-order valence-electron chi connectivity index (χ1n) is 13.1. The smallest absolute Gasteiger partial charge is 0.244 e. The Hall–Kier alpha value is -4.12. The van der Waals surface area contributed by atoms with E-state index >= 15 is 0 Å². The molecule has 9 nitrogen and oxygen atoms in total. The van der Waals surface area contributed by atoms with Gasteiger partial charge in [0.05, 0.1) is 26.2 Å². The van der Waals surface area contributed by atoms with Crippen molar-refractivity contribution in [2.75, 3.05) is 37.9 Å². The normalized spacial score (nSPS) is 11.8. The Morgan fingerprint density at radius 1 is 0.951 bits per heavy atom. The van der Waals surface area contributed by atoms with Crippen molar-refractivity contribution in [1.82, 2.24) is 10.2 Å². The van der Waals surface area contributed by atoms with Crippen LogP contribution in [0.1, 0.15) is 24.5 Å². The second-order valence-corrected chi connectivity index (χ2v) is 11.4. The molecule has 0 unspecified atom stereocenters. The van der Waals surface area contributed by atoms with Gasteiger partial charge < -0.3 is 19.7 Å². The second kappa shape index (κ2) is 14.5. The average molecular weight is 586 g/mol. The molecule has 0 heterocycles. The van der Waals surface area contributed by atoms with E-state index in [1.54, 1.807) is 12.1 Å². The fourth-order valence-electron chi connectivity index (χ4n) is 4.29. The number of ether oxygens (including phenoxy) is 2. The van der Waals surface area contributed by atoms with Crippen LogP contribution in [-0.4, -0.2) is 64.7 Å². The van der Waals surface area contributed by atoms with Gasteiger partial charge in [-0.1, -0.05) is 49.4 Å². The molecule has 0 saturated heterocycles. The largest absolute Gasteiger partial charge is 0.497 e. The number of hydrogen-bond donors (Lipinski definition) is 1. The molecular weight excluding hydrogens is 549 g/mol. The SMILES string of the molecule is CCCNC(=O)[C@@H](Cc1ccccc1)N(Cc1ccc(F)cc1)C(=O)CN(c1cc(OC)ccc1OC)S(C)(=O)=O. The van der Waals surface area contributed by atoms with Gasteiger partial charge >= 0.3 is 0 Å². The van der Waals surface area contributed by atoms with Gasteiger partial charge in [-0.2, -0.15) is 0 Å². The molecular formula is C30H36FN3O6S. The monoisotopic (exact) mass is 585 g/mol. The minimum Gasteiger partial charge on any atom is -0.497 e. The lowest BCUT2D eigenvalue weighted by Crippen LogP contribution is -2.53. The molecule has 0 aliphatic heterocycles. The fraction of sp³-hybridized carbons (Fsp3) is 0.333. The first kappa shape index (κ1) is 31.4. The lowest BCUT2D eigenvalue weighted by molar-refractivity contribution is -0.140. The highest BCUT2D eigenvalue weighted by atomic mass is 32.2. The molecule has 220 valence electrons. The number of nitrogens with zero attached hydrogens (tertiary/aromatic N) is 2. The van der Waals surface area contributed by atoms with Crippen molar-refractivity contribution < 1.29 is 31.9 Å². The molecule has 0 saturated carbocycles. The van der Waals surface area contributed by atoms with E-state index in [0.717, 1.165) is 16.1 Å². The summed E-state index contributed by atoms with van der Waals surface area (Å²) in [6.45, 7) is 1.65. The minimum absolute atomic E-state index is 0.0526. The Morgan fingerprint density at radius 2 is 1.63 bits per heavy atom. The van der Waals surface area contributed by atoms with Crippen LogP contribution in [0.3, 0.4) is 0 Å². The van der Waals surface area contributed by atoms with Gasteiger partial charge in [-0.05, 0) is 41.8 Å². The standard InChI is InChI=1S/C30H36FN3O6S/c1-5-17-32-30(36)27(18-22-9-7-6-8-10-22)33(20-23-11-13-24(31)14-12-23)29(35)21-34(41(4,37)38)26-19-25(39-2)15-16-28(26)40-3/h6-16,19,27H,5,17-18,20-21H2,1-4H3,(H,32,36)/t27-/m1/s1. The number of amides is 2. The van der Waals surface area contributed by atoms with E-state index in [-0.39, 0.29) is 30.3 Å². The van der Waals surface area contributed by atoms with E-state index in [0.29, 0.717) is 24.3 Å². The third kappa shape index (κ3) is 8.68. The summed E-state index contributed by atoms with van der Waals surface area (Å²) in [5.74, 6) is -0.864. The van der Waals surface area contributed by atoms with Gasteiger partial charge in [0.2, 0.25) is 21.8 Å². The molecule has 3 aromatic rings. The van der Waals surface area contributed by atoms with Crippen LogP contribution in [0.5, 0.6) is 11.5 Å². The lowest BCUT2D eigenvalue weighted by atomic mass is 10.0. The summed E-state index contributed by atoms with van der Waals surface area (Å²) >= 11 is 0. The van der Waals surface area contributed by atoms with Crippen LogP contribution in [0, 0.1) is 5.82 Å². The predicted octanol–water partition coefficient (Wildman–Crippen LogP) is 3.78. The summed E-state index contributed by atoms with van der Waals surface area (Å²) in [4.78, 5) is 28.9. The first-order valence-corrected chi connectivity index (χ1v) is 15.0. The zero-order valence-electron chi connectivity index (χ0n) is 23.7. The van der Waals surface area contributed by atoms with Crippen LogP contribution in [0.2, 0.25) is 0 Å². The summed E-state index contributed by atoms with van der Waals surface area (Å²) in [5, 5.41) is 2.87. The molecule has 3 aromatic carbocycles. The highest BCUT2D eigenvalue weighted by Gasteiger charge is 2.33. The molecule has 0 spiro atoms. The second-order valence-electron chi connectivity index (χ2n) is 9.45. The Morgan fingerprint density at radius 3 is 2.22 bits per heavy atom. The molecule has 0 aromatic heterocycles. The van der Waals surface area contributed by atoms with Crippen molar-refractivity contribution in [2.24, 2.45) is 0 Å². The summed E-state index contributed by atoms with van der Waals surface area (Å²) in [7, 11) is -1.17. The maximum absolute atomic E-state index is 14.1. The maximum atomic E-state index is 14.1. The quantitative estimate of drug-likeness (QED) is 0.309. The number of anilines is 1. The van der Waals surface area contributed by atoms with Crippen molar-refractivity contribution in [3.8, 4) is 11.5 Å². The van der Waals surface area contributed by atoms with Crippen LogP contribution < -0.4 is 19.1 Å². The lowest BCUT2D eigenvalue weighted by Gasteiger charge is -2.33. The average Bonchev–Trinajstić information content (AvgIpc) is 2.96. The van der Waals surface area contributed by atoms with Crippen LogP contribution in [-0.2, 0) is 32.6 Å². The number of carbonyl (C=O) groups excluding carboxylic acids is 2. The number of halogens is 1. The molecule has 0 bridgehead atoms. The molecule has 11 heteroatoms. The van der Waals surface area contributed by atoms with Crippen molar-refractivity contribution in [3.63, 3.8) is 0 Å². The zero-order chi connectivity index (χ0) is 30.0. The third-order valence-electron chi connectivity index (χ3n) is 6.42. The number of rotatable bonds is 14. The highest BCUT2D eigenvalue weighted by Crippen LogP contribution is 2.34. The maximum Gasteiger partial charge on any atom is 0.244 e. The van der Waals surface area contributed by atoms with E-state index in [4.69, 9.17) is 9.47 Å². The van der Waals surface area contributed by atoms with Crippen molar-refractivity contribution in [3.05, 3.63) is 89.7 Å². The van der Waals surface area contributed by atoms with Crippen molar-refractivity contribution in [2.45, 2.75) is 32.4 Å². The molecule has 41 heavy (non-hydrogen) atoms. The van der Waals surface area contributed by atoms with Crippen LogP contribution >= 0.6 is 0 Å². The molecule has 3 rings (SSSR count). The van der Waals surface area contributed by atoms with E-state index in [1.807, 2.05) is 37.3 Å². The van der Waals surface area contributed by atoms with Gasteiger partial charge in [0.25, 0.3) is 0 Å². The van der Waals surface area contributed by atoms with Gasteiger partial charge in [-0.15, -0.1) is 0 Å². The van der Waals surface area contributed by atoms with Crippen LogP contribution in [0.4, 0.5) is 10.1 Å². The summed E-state index contributed by atoms with van der Waals surface area (Å²) in [6.07, 6.45) is 1.86. The van der Waals surface area contributed by atoms with Crippen LogP contribution in [0.25, 0.3) is 0 Å². The van der Waals surface area contributed by atoms with Gasteiger partial charge in [-0.25, -0.2) is 12.8 Å². The predicted molar refractivity (Wildman–Crippen MR) is 156 cm³/mol. The van der Waals surface area contributed by atoms with E-state index in [1.165, 1.54) is 49.5 Å². The van der Waals surface area contributed by atoms with Gasteiger partial charge in [0.1, 0.15) is 29.9 Å². The van der Waals surface area contributed by atoms with Gasteiger partial charge in [0.15, 0.2) is 0 Å². The van der Waals surface area contributed by atoms with Crippen molar-refractivity contribution >= 4 is 27.5 Å². The van der Waals surface area contributed by atoms with E-state index in [9.17, 15) is 22.4 Å². The van der Waals surface area contributed by atoms with Gasteiger partial charge in [-0.3, -0.25) is 13.9 Å². The molecule has 2 amide bonds.